The van der Waals surface area contributed by atoms with E-state index >= 15 is 0 Å². The lowest BCUT2D eigenvalue weighted by molar-refractivity contribution is -0.136. The van der Waals surface area contributed by atoms with E-state index in [1.165, 1.54) is 30.6 Å². The Morgan fingerprint density at radius 1 is 1.29 bits per heavy atom. The summed E-state index contributed by atoms with van der Waals surface area (Å²) >= 11 is 7.79. The van der Waals surface area contributed by atoms with Gasteiger partial charge in [0, 0.05) is 59.6 Å². The summed E-state index contributed by atoms with van der Waals surface area (Å²) in [5, 5.41) is 5.68. The molecule has 0 unspecified atom stereocenters. The Morgan fingerprint density at radius 2 is 2.05 bits per heavy atom. The van der Waals surface area contributed by atoms with Gasteiger partial charge in [0.1, 0.15) is 17.9 Å². The van der Waals surface area contributed by atoms with Gasteiger partial charge in [-0.25, -0.2) is 19.0 Å². The van der Waals surface area contributed by atoms with Crippen LogP contribution in [-0.2, 0) is 14.3 Å². The summed E-state index contributed by atoms with van der Waals surface area (Å²) in [4.78, 5) is 53.8. The van der Waals surface area contributed by atoms with Gasteiger partial charge in [0.05, 0.1) is 18.7 Å². The fraction of sp³-hybridized carbons (Fsp3) is 0.444. The van der Waals surface area contributed by atoms with Crippen LogP contribution in [0.2, 0.25) is 5.02 Å². The number of hydrogen-bond donors (Lipinski definition) is 2. The molecule has 2 saturated heterocycles. The second-order valence-corrected chi connectivity index (χ2v) is 12.3. The van der Waals surface area contributed by atoms with Gasteiger partial charge in [-0.05, 0) is 32.9 Å². The summed E-state index contributed by atoms with van der Waals surface area (Å²) in [6.07, 6.45) is 1.63. The number of piperazine rings is 1. The second-order valence-electron chi connectivity index (χ2n) is 11.0. The summed E-state index contributed by atoms with van der Waals surface area (Å²) in [6, 6.07) is 1.53. The van der Waals surface area contributed by atoms with E-state index in [0.29, 0.717) is 41.7 Å². The number of halogens is 2. The standard InChI is InChI=1S/C27H31ClFN7O4S/c1-27(2,3)36-13-18-21(22(30)37)34(8-9-35(18)26(36)39)12-17-19(25(38)40-4)20(15-6-5-14(29)11-16(15)28)33-23(32-17)24-31-7-10-41-24/h5-7,10-11,18,20-21H,8-9,12-13H2,1-4H3,(H2,30,37)(H,32,33)/t18-,20+,21+/m1/s1. The number of nitrogens with one attached hydrogen (secondary N) is 1. The van der Waals surface area contributed by atoms with E-state index in [1.54, 1.807) is 21.4 Å². The van der Waals surface area contributed by atoms with Crippen LogP contribution in [-0.4, -0.2) is 94.3 Å². The van der Waals surface area contributed by atoms with Crippen LogP contribution in [0.5, 0.6) is 0 Å². The van der Waals surface area contributed by atoms with Crippen LogP contribution in [0.3, 0.4) is 0 Å². The number of benzene rings is 1. The van der Waals surface area contributed by atoms with Gasteiger partial charge in [-0.2, -0.15) is 0 Å². The molecule has 0 radical (unpaired) electrons. The highest BCUT2D eigenvalue weighted by Crippen LogP contribution is 2.38. The molecule has 1 aromatic carbocycles. The van der Waals surface area contributed by atoms with Crippen molar-refractivity contribution >= 4 is 46.7 Å². The topological polar surface area (TPSA) is 133 Å². The van der Waals surface area contributed by atoms with Gasteiger partial charge in [-0.15, -0.1) is 11.3 Å². The van der Waals surface area contributed by atoms with E-state index in [0.717, 1.165) is 6.07 Å². The number of carbonyl (C=O) groups is 3. The number of urea groups is 1. The van der Waals surface area contributed by atoms with Gasteiger partial charge < -0.3 is 25.6 Å². The minimum atomic E-state index is -0.941. The molecule has 3 aliphatic rings. The molecule has 41 heavy (non-hydrogen) atoms. The Hall–Kier alpha value is -3.55. The van der Waals surface area contributed by atoms with Gasteiger partial charge in [-0.3, -0.25) is 14.7 Å². The van der Waals surface area contributed by atoms with Crippen molar-refractivity contribution in [2.75, 3.05) is 33.3 Å². The molecule has 3 aliphatic heterocycles. The number of nitrogens with two attached hydrogens (primary N) is 1. The van der Waals surface area contributed by atoms with Crippen molar-refractivity contribution < 1.29 is 23.5 Å². The van der Waals surface area contributed by atoms with Crippen molar-refractivity contribution in [3.05, 3.63) is 62.5 Å². The smallest absolute Gasteiger partial charge is 0.338 e. The number of amidine groups is 1. The molecule has 4 heterocycles. The van der Waals surface area contributed by atoms with Crippen LogP contribution >= 0.6 is 22.9 Å². The van der Waals surface area contributed by atoms with Crippen LogP contribution < -0.4 is 11.1 Å². The maximum absolute atomic E-state index is 14.0. The number of esters is 1. The Kier molecular flexibility index (Phi) is 7.79. The molecule has 2 fully saturated rings. The highest BCUT2D eigenvalue weighted by atomic mass is 35.5. The lowest BCUT2D eigenvalue weighted by atomic mass is 9.94. The normalized spacial score (nSPS) is 23.3. The van der Waals surface area contributed by atoms with E-state index in [9.17, 15) is 18.8 Å². The number of fused-ring (bicyclic) bond motifs is 1. The summed E-state index contributed by atoms with van der Waals surface area (Å²) < 4.78 is 19.1. The maximum atomic E-state index is 14.0. The number of amides is 3. The molecule has 0 spiro atoms. The van der Waals surface area contributed by atoms with Crippen LogP contribution in [0.25, 0.3) is 0 Å². The summed E-state index contributed by atoms with van der Waals surface area (Å²) in [7, 11) is 1.26. The van der Waals surface area contributed by atoms with E-state index < -0.39 is 41.4 Å². The number of methoxy groups -OCH3 is 1. The Bertz CT molecular complexity index is 1440. The van der Waals surface area contributed by atoms with Crippen molar-refractivity contribution in [1.29, 1.82) is 0 Å². The van der Waals surface area contributed by atoms with Crippen molar-refractivity contribution in [3.63, 3.8) is 0 Å². The minimum absolute atomic E-state index is 0.0891. The van der Waals surface area contributed by atoms with E-state index in [1.807, 2.05) is 25.7 Å². The Balaban J connectivity index is 1.57. The van der Waals surface area contributed by atoms with Crippen molar-refractivity contribution in [3.8, 4) is 0 Å². The zero-order chi connectivity index (χ0) is 29.6. The second kappa shape index (κ2) is 11.0. The first-order valence-corrected chi connectivity index (χ1v) is 14.3. The minimum Gasteiger partial charge on any atom is -0.466 e. The average molecular weight is 604 g/mol. The van der Waals surface area contributed by atoms with Crippen LogP contribution in [0.4, 0.5) is 9.18 Å². The first-order valence-electron chi connectivity index (χ1n) is 13.0. The molecular weight excluding hydrogens is 573 g/mol. The number of hydrogen-bond acceptors (Lipinski definition) is 9. The number of primary amides is 1. The number of carbonyl (C=O) groups excluding carboxylic acids is 3. The lowest BCUT2D eigenvalue weighted by Gasteiger charge is -2.43. The number of thiazole rings is 1. The van der Waals surface area contributed by atoms with Crippen LogP contribution in [0, 0.1) is 5.82 Å². The number of aromatic nitrogens is 1. The summed E-state index contributed by atoms with van der Waals surface area (Å²) in [6.45, 7) is 6.97. The third kappa shape index (κ3) is 5.41. The fourth-order valence-electron chi connectivity index (χ4n) is 5.59. The molecular formula is C27H31ClFN7O4S. The predicted octanol–water partition coefficient (Wildman–Crippen LogP) is 2.53. The maximum Gasteiger partial charge on any atom is 0.338 e. The van der Waals surface area contributed by atoms with Crippen LogP contribution in [0.1, 0.15) is 37.4 Å². The van der Waals surface area contributed by atoms with E-state index in [4.69, 9.17) is 27.1 Å². The third-order valence-electron chi connectivity index (χ3n) is 7.52. The molecule has 3 amide bonds. The first-order chi connectivity index (χ1) is 19.4. The fourth-order valence-corrected chi connectivity index (χ4v) is 6.45. The monoisotopic (exact) mass is 603 g/mol. The average Bonchev–Trinajstić information content (AvgIpc) is 3.56. The molecule has 2 aromatic rings. The molecule has 0 bridgehead atoms. The first kappa shape index (κ1) is 29.0. The molecule has 3 atom stereocenters. The molecule has 5 rings (SSSR count). The van der Waals surface area contributed by atoms with Gasteiger partial charge in [0.2, 0.25) is 5.91 Å². The Morgan fingerprint density at radius 3 is 2.66 bits per heavy atom. The molecule has 11 nitrogen and oxygen atoms in total. The lowest BCUT2D eigenvalue weighted by Crippen LogP contribution is -2.64. The number of ether oxygens (including phenoxy) is 1. The predicted molar refractivity (Wildman–Crippen MR) is 152 cm³/mol. The van der Waals surface area contributed by atoms with Crippen LogP contribution in [0.15, 0.2) is 46.0 Å². The van der Waals surface area contributed by atoms with Gasteiger partial charge >= 0.3 is 12.0 Å². The molecule has 3 N–H and O–H groups in total. The molecule has 0 aliphatic carbocycles. The number of nitrogens with zero attached hydrogens (tertiary/aromatic N) is 5. The molecule has 0 saturated carbocycles. The summed E-state index contributed by atoms with van der Waals surface area (Å²) in [5.74, 6) is -1.38. The highest BCUT2D eigenvalue weighted by molar-refractivity contribution is 7.11. The van der Waals surface area contributed by atoms with E-state index in [2.05, 4.69) is 10.3 Å². The van der Waals surface area contributed by atoms with Gasteiger partial charge in [0.25, 0.3) is 0 Å². The zero-order valence-corrected chi connectivity index (χ0v) is 24.6. The highest BCUT2D eigenvalue weighted by Gasteiger charge is 2.51. The molecule has 14 heteroatoms. The molecule has 1 aromatic heterocycles. The quantitative estimate of drug-likeness (QED) is 0.485. The zero-order valence-electron chi connectivity index (χ0n) is 23.1. The largest absolute Gasteiger partial charge is 0.466 e. The van der Waals surface area contributed by atoms with Gasteiger partial charge in [-0.1, -0.05) is 17.7 Å². The van der Waals surface area contributed by atoms with Gasteiger partial charge in [0.15, 0.2) is 10.8 Å². The van der Waals surface area contributed by atoms with Crippen molar-refractivity contribution in [1.82, 2.24) is 25.0 Å². The SMILES string of the molecule is COC(=O)C1=C(CN2CCN3C(=O)N(C(C)(C)C)C[C@@H]3[C@H]2C(N)=O)NC(c2nccs2)=N[C@H]1c1ccc(F)cc1Cl. The summed E-state index contributed by atoms with van der Waals surface area (Å²) in [5.41, 5.74) is 6.49. The van der Waals surface area contributed by atoms with E-state index in [-0.39, 0.29) is 23.2 Å². The molecule has 218 valence electrons. The Labute approximate surface area is 245 Å². The van der Waals surface area contributed by atoms with Crippen molar-refractivity contribution in [2.45, 2.75) is 44.4 Å². The number of aliphatic imine (C=N–C) groups is 1. The third-order valence-corrected chi connectivity index (χ3v) is 8.63. The van der Waals surface area contributed by atoms with Crippen molar-refractivity contribution in [2.24, 2.45) is 10.7 Å². The number of rotatable bonds is 6.